The first-order valence-corrected chi connectivity index (χ1v) is 16.7. The van der Waals surface area contributed by atoms with Gasteiger partial charge in [0, 0.05) is 41.4 Å². The normalized spacial score (nSPS) is 14.6. The van der Waals surface area contributed by atoms with Crippen molar-refractivity contribution in [2.75, 3.05) is 34.0 Å². The highest BCUT2D eigenvalue weighted by molar-refractivity contribution is 7.07. The van der Waals surface area contributed by atoms with E-state index in [-0.39, 0.29) is 24.3 Å². The first-order valence-electron chi connectivity index (χ1n) is 15.9. The van der Waals surface area contributed by atoms with Gasteiger partial charge in [0.25, 0.3) is 5.56 Å². The molecule has 9 nitrogen and oxygen atoms in total. The van der Waals surface area contributed by atoms with Gasteiger partial charge >= 0.3 is 5.97 Å². The van der Waals surface area contributed by atoms with Gasteiger partial charge in [0.05, 0.1) is 36.1 Å². The molecule has 0 saturated heterocycles. The molecule has 6 rings (SSSR count). The SMILES string of the molecule is CCOc1c(OC)cccc1[C@H]1C(C(=O)OCCOC)=C(C)N=c2s/c(=C/c3c(C)n(Cc4cccc(C)c4)c4ccccc34)c(=O)n21. The van der Waals surface area contributed by atoms with Gasteiger partial charge in [0.2, 0.25) is 0 Å². The van der Waals surface area contributed by atoms with Crippen LogP contribution in [-0.4, -0.2) is 49.1 Å². The minimum Gasteiger partial charge on any atom is -0.493 e. The van der Waals surface area contributed by atoms with Crippen LogP contribution >= 0.6 is 11.3 Å². The number of rotatable bonds is 11. The standard InChI is InChI=1S/C38H39N3O6S/c1-7-46-35-28(15-11-17-31(35)45-6)34-33(37(43)47-19-18-44-5)24(3)39-38-41(34)36(42)32(48-38)21-29-25(4)40(30-16-9-8-14-27(29)30)22-26-13-10-12-23(2)20-26/h8-17,20-21,34H,7,18-19,22H2,1-6H3/b32-21+/t34-/m0/s1. The van der Waals surface area contributed by atoms with Crippen molar-refractivity contribution in [3.05, 3.63) is 126 Å². The van der Waals surface area contributed by atoms with Crippen LogP contribution in [-0.2, 0) is 20.8 Å². The Kier molecular flexibility index (Phi) is 9.66. The summed E-state index contributed by atoms with van der Waals surface area (Å²) in [6.07, 6.45) is 1.95. The number of ether oxygens (including phenoxy) is 4. The molecule has 248 valence electrons. The number of hydrogen-bond acceptors (Lipinski definition) is 8. The second-order valence-electron chi connectivity index (χ2n) is 11.6. The minimum absolute atomic E-state index is 0.0611. The van der Waals surface area contributed by atoms with E-state index in [4.69, 9.17) is 23.9 Å². The zero-order chi connectivity index (χ0) is 33.9. The second-order valence-corrected chi connectivity index (χ2v) is 12.6. The van der Waals surface area contributed by atoms with E-state index in [2.05, 4.69) is 54.8 Å². The Morgan fingerprint density at radius 3 is 2.54 bits per heavy atom. The van der Waals surface area contributed by atoms with Crippen LogP contribution in [0.4, 0.5) is 0 Å². The van der Waals surface area contributed by atoms with Gasteiger partial charge in [-0.05, 0) is 51.5 Å². The largest absolute Gasteiger partial charge is 0.493 e. The lowest BCUT2D eigenvalue weighted by molar-refractivity contribution is -0.140. The average Bonchev–Trinajstić information content (AvgIpc) is 3.52. The van der Waals surface area contributed by atoms with E-state index in [1.165, 1.54) is 22.5 Å². The lowest BCUT2D eigenvalue weighted by Gasteiger charge is -2.27. The molecule has 48 heavy (non-hydrogen) atoms. The number of para-hydroxylation sites is 2. The Bertz CT molecular complexity index is 2220. The van der Waals surface area contributed by atoms with Crippen molar-refractivity contribution in [1.29, 1.82) is 0 Å². The van der Waals surface area contributed by atoms with E-state index < -0.39 is 12.0 Å². The van der Waals surface area contributed by atoms with E-state index in [0.717, 1.165) is 22.2 Å². The van der Waals surface area contributed by atoms with Crippen molar-refractivity contribution in [1.82, 2.24) is 9.13 Å². The summed E-state index contributed by atoms with van der Waals surface area (Å²) in [7, 11) is 3.10. The molecule has 0 unspecified atom stereocenters. The maximum Gasteiger partial charge on any atom is 0.338 e. The molecule has 0 aliphatic carbocycles. The van der Waals surface area contributed by atoms with Crippen LogP contribution in [0.2, 0.25) is 0 Å². The number of benzene rings is 3. The van der Waals surface area contributed by atoms with Gasteiger partial charge in [-0.3, -0.25) is 9.36 Å². The van der Waals surface area contributed by atoms with Crippen LogP contribution in [0.25, 0.3) is 17.0 Å². The van der Waals surface area contributed by atoms with Crippen molar-refractivity contribution in [2.24, 2.45) is 4.99 Å². The minimum atomic E-state index is -0.862. The fourth-order valence-corrected chi connectivity index (χ4v) is 7.38. The number of carbonyl (C=O) groups excluding carboxylic acids is 1. The molecule has 1 aliphatic heterocycles. The maximum absolute atomic E-state index is 14.6. The molecule has 10 heteroatoms. The van der Waals surface area contributed by atoms with E-state index in [0.29, 0.717) is 45.2 Å². The van der Waals surface area contributed by atoms with Crippen molar-refractivity contribution in [3.63, 3.8) is 0 Å². The molecule has 1 aliphatic rings. The topological polar surface area (TPSA) is 93.3 Å². The molecule has 1 atom stereocenters. The number of hydrogen-bond donors (Lipinski definition) is 0. The molecule has 0 amide bonds. The molecule has 0 saturated carbocycles. The van der Waals surface area contributed by atoms with Crippen LogP contribution in [0.1, 0.15) is 47.8 Å². The molecule has 0 spiro atoms. The number of thiazole rings is 1. The number of aromatic nitrogens is 2. The summed E-state index contributed by atoms with van der Waals surface area (Å²) in [4.78, 5) is 33.5. The molecule has 0 N–H and O–H groups in total. The van der Waals surface area contributed by atoms with E-state index in [1.807, 2.05) is 37.3 Å². The Balaban J connectivity index is 1.56. The summed E-state index contributed by atoms with van der Waals surface area (Å²) in [5.41, 5.74) is 6.56. The molecule has 3 aromatic carbocycles. The van der Waals surface area contributed by atoms with E-state index in [9.17, 15) is 9.59 Å². The number of fused-ring (bicyclic) bond motifs is 2. The van der Waals surface area contributed by atoms with Crippen LogP contribution in [0.15, 0.2) is 87.8 Å². The van der Waals surface area contributed by atoms with Gasteiger partial charge in [0.1, 0.15) is 12.6 Å². The fraction of sp³-hybridized carbons (Fsp3) is 0.289. The third-order valence-corrected chi connectivity index (χ3v) is 9.54. The van der Waals surface area contributed by atoms with Crippen molar-refractivity contribution >= 4 is 34.3 Å². The zero-order valence-electron chi connectivity index (χ0n) is 28.0. The summed E-state index contributed by atoms with van der Waals surface area (Å²) < 4.78 is 26.8. The van der Waals surface area contributed by atoms with E-state index in [1.54, 1.807) is 31.8 Å². The van der Waals surface area contributed by atoms with Crippen molar-refractivity contribution in [3.8, 4) is 11.5 Å². The van der Waals surface area contributed by atoms with Crippen LogP contribution in [0, 0.1) is 13.8 Å². The predicted molar refractivity (Wildman–Crippen MR) is 188 cm³/mol. The molecule has 2 aromatic heterocycles. The number of carbonyl (C=O) groups is 1. The second kappa shape index (κ2) is 14.0. The molecular formula is C38H39N3O6S. The van der Waals surface area contributed by atoms with Gasteiger partial charge in [-0.15, -0.1) is 0 Å². The summed E-state index contributed by atoms with van der Waals surface area (Å²) in [5, 5.41) is 1.05. The number of allylic oxidation sites excluding steroid dienone is 1. The summed E-state index contributed by atoms with van der Waals surface area (Å²) in [6.45, 7) is 9.18. The third kappa shape index (κ3) is 6.09. The number of aryl methyl sites for hydroxylation is 1. The highest BCUT2D eigenvalue weighted by Crippen LogP contribution is 2.41. The van der Waals surface area contributed by atoms with Crippen LogP contribution in [0.3, 0.4) is 0 Å². The van der Waals surface area contributed by atoms with Gasteiger partial charge in [-0.2, -0.15) is 0 Å². The number of esters is 1. The number of nitrogens with zero attached hydrogens (tertiary/aromatic N) is 3. The number of methoxy groups -OCH3 is 2. The maximum atomic E-state index is 14.6. The lowest BCUT2D eigenvalue weighted by Crippen LogP contribution is -2.40. The summed E-state index contributed by atoms with van der Waals surface area (Å²) in [5.74, 6) is 0.372. The first kappa shape index (κ1) is 33.0. The van der Waals surface area contributed by atoms with Gasteiger partial charge in [-0.25, -0.2) is 9.79 Å². The first-order chi connectivity index (χ1) is 23.3. The van der Waals surface area contributed by atoms with Crippen molar-refractivity contribution < 1.29 is 23.7 Å². The predicted octanol–water partition coefficient (Wildman–Crippen LogP) is 5.45. The Labute approximate surface area is 283 Å². The molecule has 0 radical (unpaired) electrons. The molecular weight excluding hydrogens is 627 g/mol. The lowest BCUT2D eigenvalue weighted by atomic mass is 9.94. The van der Waals surface area contributed by atoms with Gasteiger partial charge in [0.15, 0.2) is 16.3 Å². The Hall–Kier alpha value is -4.93. The third-order valence-electron chi connectivity index (χ3n) is 8.55. The van der Waals surface area contributed by atoms with Crippen LogP contribution in [0.5, 0.6) is 11.5 Å². The summed E-state index contributed by atoms with van der Waals surface area (Å²) >= 11 is 1.30. The molecule has 0 fully saturated rings. The van der Waals surface area contributed by atoms with E-state index >= 15 is 0 Å². The Morgan fingerprint density at radius 2 is 1.79 bits per heavy atom. The quantitative estimate of drug-likeness (QED) is 0.138. The highest BCUT2D eigenvalue weighted by atomic mass is 32.1. The van der Waals surface area contributed by atoms with Crippen LogP contribution < -0.4 is 24.4 Å². The molecule has 3 heterocycles. The zero-order valence-corrected chi connectivity index (χ0v) is 28.8. The van der Waals surface area contributed by atoms with Gasteiger partial charge < -0.3 is 23.5 Å². The smallest absolute Gasteiger partial charge is 0.338 e. The molecule has 0 bridgehead atoms. The molecule has 5 aromatic rings. The Morgan fingerprint density at radius 1 is 1.00 bits per heavy atom. The summed E-state index contributed by atoms with van der Waals surface area (Å²) in [6, 6.07) is 21.3. The highest BCUT2D eigenvalue weighted by Gasteiger charge is 2.36. The monoisotopic (exact) mass is 665 g/mol. The van der Waals surface area contributed by atoms with Crippen molar-refractivity contribution in [2.45, 2.75) is 40.3 Å². The van der Waals surface area contributed by atoms with Gasteiger partial charge in [-0.1, -0.05) is 71.5 Å². The fourth-order valence-electron chi connectivity index (χ4n) is 6.35. The average molecular weight is 666 g/mol.